The second-order valence-electron chi connectivity index (χ2n) is 14.1. The van der Waals surface area contributed by atoms with Crippen LogP contribution < -0.4 is 0 Å². The Morgan fingerprint density at radius 1 is 1.00 bits per heavy atom. The van der Waals surface area contributed by atoms with Crippen molar-refractivity contribution in [1.82, 2.24) is 0 Å². The molecule has 4 N–H and O–H groups in total. The summed E-state index contributed by atoms with van der Waals surface area (Å²) >= 11 is 0. The summed E-state index contributed by atoms with van der Waals surface area (Å²) < 4.78 is 6.84. The van der Waals surface area contributed by atoms with Gasteiger partial charge < -0.3 is 24.9 Å². The van der Waals surface area contributed by atoms with Gasteiger partial charge in [0, 0.05) is 12.7 Å². The minimum atomic E-state index is -1.82. The quantitative estimate of drug-likeness (QED) is 0.150. The number of hydrogen-bond donors (Lipinski definition) is 4. The number of aliphatic hydroxyl groups excluding tert-OH is 3. The highest BCUT2D eigenvalue weighted by Gasteiger charge is 2.55. The Labute approximate surface area is 221 Å². The van der Waals surface area contributed by atoms with E-state index in [1.54, 1.807) is 6.92 Å². The van der Waals surface area contributed by atoms with Crippen molar-refractivity contribution in [2.75, 3.05) is 6.61 Å². The van der Waals surface area contributed by atoms with Crippen LogP contribution in [0.15, 0.2) is 12.2 Å². The van der Waals surface area contributed by atoms with Crippen LogP contribution in [-0.2, 0) is 4.43 Å². The second kappa shape index (κ2) is 11.9. The minimum absolute atomic E-state index is 0.00728. The molecule has 0 amide bonds. The molecule has 5 nitrogen and oxygen atoms in total. The molecule has 0 bridgehead atoms. The molecule has 3 rings (SSSR count). The van der Waals surface area contributed by atoms with Crippen molar-refractivity contribution >= 4 is 8.32 Å². The molecule has 0 spiro atoms. The van der Waals surface area contributed by atoms with Gasteiger partial charge in [-0.15, -0.1) is 0 Å². The van der Waals surface area contributed by atoms with Gasteiger partial charge in [0.05, 0.1) is 17.8 Å². The molecule has 3 aliphatic rings. The molecule has 2 fully saturated rings. The first kappa shape index (κ1) is 30.3. The van der Waals surface area contributed by atoms with Crippen molar-refractivity contribution in [2.24, 2.45) is 35.5 Å². The first-order valence-electron chi connectivity index (χ1n) is 14.8. The van der Waals surface area contributed by atoms with Crippen molar-refractivity contribution in [1.29, 1.82) is 0 Å². The largest absolute Gasteiger partial charge is 0.414 e. The molecule has 0 aromatic rings. The van der Waals surface area contributed by atoms with E-state index in [9.17, 15) is 20.4 Å². The van der Waals surface area contributed by atoms with Crippen LogP contribution >= 0.6 is 0 Å². The molecule has 0 heterocycles. The lowest BCUT2D eigenvalue weighted by atomic mass is 9.71. The van der Waals surface area contributed by atoms with Gasteiger partial charge in [0.1, 0.15) is 0 Å². The molecular formula is C30H56O5Si. The summed E-state index contributed by atoms with van der Waals surface area (Å²) in [6, 6.07) is 0. The van der Waals surface area contributed by atoms with Crippen molar-refractivity contribution in [3.8, 4) is 0 Å². The summed E-state index contributed by atoms with van der Waals surface area (Å²) in [4.78, 5) is 0. The number of aliphatic hydroxyl groups is 4. The smallest absolute Gasteiger partial charge is 0.192 e. The van der Waals surface area contributed by atoms with Crippen molar-refractivity contribution < 1.29 is 24.9 Å². The zero-order valence-corrected chi connectivity index (χ0v) is 25.1. The monoisotopic (exact) mass is 524 g/mol. The maximum Gasteiger partial charge on any atom is 0.192 e. The lowest BCUT2D eigenvalue weighted by Gasteiger charge is -2.38. The Morgan fingerprint density at radius 3 is 2.31 bits per heavy atom. The lowest BCUT2D eigenvalue weighted by Crippen LogP contribution is -2.45. The van der Waals surface area contributed by atoms with Crippen LogP contribution in [0, 0.1) is 35.5 Å². The predicted octanol–water partition coefficient (Wildman–Crippen LogP) is 5.67. The Bertz CT molecular complexity index is 729. The Balaban J connectivity index is 1.68. The highest BCUT2D eigenvalue weighted by molar-refractivity contribution is 6.74. The summed E-state index contributed by atoms with van der Waals surface area (Å²) in [5, 5.41) is 42.7. The Kier molecular flexibility index (Phi) is 9.99. The zero-order valence-electron chi connectivity index (χ0n) is 24.1. The van der Waals surface area contributed by atoms with Gasteiger partial charge in [0.25, 0.3) is 0 Å². The van der Waals surface area contributed by atoms with Gasteiger partial charge >= 0.3 is 0 Å². The second-order valence-corrected chi connectivity index (χ2v) is 18.9. The van der Waals surface area contributed by atoms with Crippen molar-refractivity contribution in [3.05, 3.63) is 12.2 Å². The van der Waals surface area contributed by atoms with Crippen LogP contribution in [-0.4, -0.2) is 59.3 Å². The fourth-order valence-corrected chi connectivity index (χ4v) is 8.70. The molecule has 36 heavy (non-hydrogen) atoms. The molecule has 2 saturated carbocycles. The van der Waals surface area contributed by atoms with E-state index in [1.807, 2.05) is 6.92 Å². The molecule has 3 aliphatic carbocycles. The van der Waals surface area contributed by atoms with Gasteiger partial charge in [-0.05, 0) is 106 Å². The first-order valence-corrected chi connectivity index (χ1v) is 17.7. The summed E-state index contributed by atoms with van der Waals surface area (Å²) in [6.45, 7) is 15.5. The highest BCUT2D eigenvalue weighted by atomic mass is 28.4. The van der Waals surface area contributed by atoms with E-state index >= 15 is 0 Å². The minimum Gasteiger partial charge on any atom is -0.414 e. The number of rotatable bonds is 12. The number of hydrogen-bond acceptors (Lipinski definition) is 5. The molecule has 6 heteroatoms. The maximum atomic E-state index is 11.5. The Morgan fingerprint density at radius 2 is 1.69 bits per heavy atom. The van der Waals surface area contributed by atoms with Crippen LogP contribution in [0.3, 0.4) is 0 Å². The molecule has 10 atom stereocenters. The molecule has 0 unspecified atom stereocenters. The van der Waals surface area contributed by atoms with E-state index in [4.69, 9.17) is 4.43 Å². The van der Waals surface area contributed by atoms with E-state index in [2.05, 4.69) is 46.0 Å². The molecular weight excluding hydrogens is 468 g/mol. The maximum absolute atomic E-state index is 11.5. The SMILES string of the molecule is CC[C@H](O)CCCC[C@](C)(O)[C@@H](O)[C@H]1C[C@@H]2[C@@H](C=C[C@@H]3C[C@@H](O[Si](C)(C)C(C)(C)C)C[C@@H]23)[C@@H]1CCO. The fourth-order valence-electron chi connectivity index (χ4n) is 7.32. The highest BCUT2D eigenvalue weighted by Crippen LogP contribution is 2.58. The number of allylic oxidation sites excluding steroid dienone is 2. The van der Waals surface area contributed by atoms with Crippen molar-refractivity contribution in [3.63, 3.8) is 0 Å². The summed E-state index contributed by atoms with van der Waals surface area (Å²) in [7, 11) is -1.82. The lowest BCUT2D eigenvalue weighted by molar-refractivity contribution is -0.104. The molecule has 210 valence electrons. The average Bonchev–Trinajstić information content (AvgIpc) is 3.36. The normalized spacial score (nSPS) is 35.8. The standard InChI is InChI=1S/C30H56O5Si/c1-8-21(32)11-9-10-15-30(5,34)28(33)27-19-26-23(24(27)14-16-31)13-12-20-17-22(18-25(20)26)35-36(6,7)29(2,3)4/h12-13,20-28,31-34H,8-11,14-19H2,1-7H3/t20-,21+,22-,23+,24+,25-,26-,27+,28+,30+/m1/s1. The van der Waals surface area contributed by atoms with E-state index in [0.717, 1.165) is 44.9 Å². The molecule has 0 aromatic carbocycles. The summed E-state index contributed by atoms with van der Waals surface area (Å²) in [5.41, 5.74) is -1.16. The topological polar surface area (TPSA) is 90.2 Å². The third-order valence-corrected chi connectivity index (χ3v) is 15.1. The van der Waals surface area contributed by atoms with Crippen LogP contribution in [0.1, 0.15) is 92.4 Å². The van der Waals surface area contributed by atoms with Gasteiger partial charge in [-0.2, -0.15) is 0 Å². The fraction of sp³-hybridized carbons (Fsp3) is 0.933. The molecule has 0 aromatic heterocycles. The van der Waals surface area contributed by atoms with Crippen molar-refractivity contribution in [2.45, 2.75) is 134 Å². The third kappa shape index (κ3) is 6.66. The molecule has 0 aliphatic heterocycles. The zero-order chi connectivity index (χ0) is 26.9. The van der Waals surface area contributed by atoms with E-state index in [1.165, 1.54) is 0 Å². The summed E-state index contributed by atoms with van der Waals surface area (Å²) in [5.74, 6) is 2.14. The van der Waals surface area contributed by atoms with Crippen LogP contribution in [0.25, 0.3) is 0 Å². The first-order chi connectivity index (χ1) is 16.7. The average molecular weight is 525 g/mol. The van der Waals surface area contributed by atoms with E-state index in [0.29, 0.717) is 42.6 Å². The molecule has 0 saturated heterocycles. The van der Waals surface area contributed by atoms with E-state index in [-0.39, 0.29) is 29.6 Å². The molecule has 0 radical (unpaired) electrons. The number of unbranched alkanes of at least 4 members (excludes halogenated alkanes) is 1. The van der Waals surface area contributed by atoms with Gasteiger partial charge in [-0.1, -0.05) is 52.7 Å². The number of fused-ring (bicyclic) bond motifs is 3. The van der Waals surface area contributed by atoms with Crippen LogP contribution in [0.2, 0.25) is 18.1 Å². The van der Waals surface area contributed by atoms with Gasteiger partial charge in [-0.3, -0.25) is 0 Å². The van der Waals surface area contributed by atoms with E-state index < -0.39 is 20.0 Å². The Hall–Kier alpha value is -0.243. The van der Waals surface area contributed by atoms with Gasteiger partial charge in [0.15, 0.2) is 8.32 Å². The van der Waals surface area contributed by atoms with Gasteiger partial charge in [0.2, 0.25) is 0 Å². The third-order valence-electron chi connectivity index (χ3n) is 10.5. The predicted molar refractivity (Wildman–Crippen MR) is 149 cm³/mol. The van der Waals surface area contributed by atoms with Crippen LogP contribution in [0.5, 0.6) is 0 Å². The summed E-state index contributed by atoms with van der Waals surface area (Å²) in [6.07, 6.45) is 11.5. The van der Waals surface area contributed by atoms with Crippen LogP contribution in [0.4, 0.5) is 0 Å². The van der Waals surface area contributed by atoms with Gasteiger partial charge in [-0.25, -0.2) is 0 Å².